The summed E-state index contributed by atoms with van der Waals surface area (Å²) in [5.74, 6) is 1.58. The molecule has 2 aliphatic rings. The third kappa shape index (κ3) is 9.73. The van der Waals surface area contributed by atoms with Crippen LogP contribution in [0.3, 0.4) is 0 Å². The number of benzene rings is 1. The van der Waals surface area contributed by atoms with Crippen LogP contribution in [0, 0.1) is 17.8 Å². The maximum atomic E-state index is 13.5. The fourth-order valence-corrected chi connectivity index (χ4v) is 5.57. The minimum atomic E-state index is -0.223. The highest BCUT2D eigenvalue weighted by Gasteiger charge is 2.29. The molecular formula is C33H53N5O4. The molecule has 42 heavy (non-hydrogen) atoms. The van der Waals surface area contributed by atoms with E-state index in [9.17, 15) is 14.4 Å². The Morgan fingerprint density at radius 2 is 1.67 bits per heavy atom. The lowest BCUT2D eigenvalue weighted by atomic mass is 9.94. The fraction of sp³-hybridized carbons (Fsp3) is 0.697. The SMILES string of the molecule is CC(C)CN(CC(C)C)C(=O)CN1Cc2c(cccc2OCCCC(=O)N(C)C2CCCCC2)N=C1NC(=O)C(C)C. The predicted molar refractivity (Wildman–Crippen MR) is 168 cm³/mol. The van der Waals surface area contributed by atoms with Gasteiger partial charge in [0.25, 0.3) is 0 Å². The van der Waals surface area contributed by atoms with Crippen LogP contribution in [-0.4, -0.2) is 77.7 Å². The molecular weight excluding hydrogens is 530 g/mol. The minimum Gasteiger partial charge on any atom is -0.493 e. The van der Waals surface area contributed by atoms with E-state index < -0.39 is 0 Å². The summed E-state index contributed by atoms with van der Waals surface area (Å²) in [6.45, 7) is 14.4. The molecule has 0 saturated heterocycles. The number of hydrogen-bond donors (Lipinski definition) is 1. The number of rotatable bonds is 13. The number of nitrogens with one attached hydrogen (secondary N) is 1. The third-order valence-corrected chi connectivity index (χ3v) is 7.90. The van der Waals surface area contributed by atoms with Crippen molar-refractivity contribution in [2.45, 2.75) is 99.1 Å². The average Bonchev–Trinajstić information content (AvgIpc) is 2.94. The van der Waals surface area contributed by atoms with Gasteiger partial charge in [0, 0.05) is 44.1 Å². The van der Waals surface area contributed by atoms with Crippen LogP contribution in [0.5, 0.6) is 5.75 Å². The van der Waals surface area contributed by atoms with Gasteiger partial charge in [0.2, 0.25) is 23.7 Å². The molecule has 0 aromatic heterocycles. The first-order chi connectivity index (χ1) is 20.0. The number of hydrogen-bond acceptors (Lipinski definition) is 6. The zero-order chi connectivity index (χ0) is 30.8. The van der Waals surface area contributed by atoms with E-state index in [1.165, 1.54) is 19.3 Å². The second kappa shape index (κ2) is 15.9. The molecule has 0 unspecified atom stereocenters. The van der Waals surface area contributed by atoms with E-state index in [1.54, 1.807) is 0 Å². The highest BCUT2D eigenvalue weighted by atomic mass is 16.5. The predicted octanol–water partition coefficient (Wildman–Crippen LogP) is 5.35. The normalized spacial score (nSPS) is 15.5. The Bertz CT molecular complexity index is 1080. The van der Waals surface area contributed by atoms with Crippen LogP contribution in [-0.2, 0) is 20.9 Å². The molecule has 0 atom stereocenters. The number of carbonyl (C=O) groups is 3. The van der Waals surface area contributed by atoms with Gasteiger partial charge in [0.1, 0.15) is 12.3 Å². The molecule has 1 fully saturated rings. The number of guanidine groups is 1. The number of nitrogens with zero attached hydrogens (tertiary/aromatic N) is 4. The number of ether oxygens (including phenoxy) is 1. The summed E-state index contributed by atoms with van der Waals surface area (Å²) < 4.78 is 6.19. The Morgan fingerprint density at radius 1 is 1.00 bits per heavy atom. The molecule has 0 radical (unpaired) electrons. The Kier molecular flexibility index (Phi) is 12.7. The van der Waals surface area contributed by atoms with Crippen molar-refractivity contribution in [2.75, 3.05) is 33.3 Å². The first-order valence-electron chi connectivity index (χ1n) is 15.9. The molecule has 0 spiro atoms. The summed E-state index contributed by atoms with van der Waals surface area (Å²) in [7, 11) is 1.93. The summed E-state index contributed by atoms with van der Waals surface area (Å²) in [6, 6.07) is 6.05. The van der Waals surface area contributed by atoms with Gasteiger partial charge in [-0.3, -0.25) is 19.7 Å². The number of carbonyl (C=O) groups excluding carboxylic acids is 3. The lowest BCUT2D eigenvalue weighted by molar-refractivity contribution is -0.133. The van der Waals surface area contributed by atoms with Crippen molar-refractivity contribution < 1.29 is 19.1 Å². The van der Waals surface area contributed by atoms with Gasteiger partial charge in [-0.1, -0.05) is 66.9 Å². The molecule has 234 valence electrons. The van der Waals surface area contributed by atoms with Crippen molar-refractivity contribution in [1.82, 2.24) is 20.0 Å². The van der Waals surface area contributed by atoms with Gasteiger partial charge in [-0.15, -0.1) is 0 Å². The Balaban J connectivity index is 1.71. The minimum absolute atomic E-state index is 0.00587. The van der Waals surface area contributed by atoms with Crippen LogP contribution in [0.1, 0.15) is 92.1 Å². The molecule has 3 amide bonds. The highest BCUT2D eigenvalue weighted by molar-refractivity contribution is 6.01. The second-order valence-corrected chi connectivity index (χ2v) is 13.0. The first-order valence-corrected chi connectivity index (χ1v) is 15.9. The van der Waals surface area contributed by atoms with Gasteiger partial charge in [0.05, 0.1) is 18.8 Å². The van der Waals surface area contributed by atoms with E-state index in [4.69, 9.17) is 9.73 Å². The van der Waals surface area contributed by atoms with E-state index in [2.05, 4.69) is 33.0 Å². The van der Waals surface area contributed by atoms with Crippen LogP contribution < -0.4 is 10.1 Å². The summed E-state index contributed by atoms with van der Waals surface area (Å²) in [5.41, 5.74) is 1.59. The van der Waals surface area contributed by atoms with Crippen LogP contribution >= 0.6 is 0 Å². The van der Waals surface area contributed by atoms with Crippen LogP contribution in [0.2, 0.25) is 0 Å². The van der Waals surface area contributed by atoms with Crippen molar-refractivity contribution in [1.29, 1.82) is 0 Å². The van der Waals surface area contributed by atoms with Gasteiger partial charge < -0.3 is 19.4 Å². The van der Waals surface area contributed by atoms with E-state index in [-0.39, 0.29) is 30.2 Å². The second-order valence-electron chi connectivity index (χ2n) is 13.0. The van der Waals surface area contributed by atoms with E-state index in [0.29, 0.717) is 74.4 Å². The van der Waals surface area contributed by atoms with E-state index in [1.807, 2.05) is 53.8 Å². The lowest BCUT2D eigenvalue weighted by Crippen LogP contribution is -2.51. The molecule has 1 aliphatic heterocycles. The van der Waals surface area contributed by atoms with Crippen molar-refractivity contribution in [3.8, 4) is 5.75 Å². The van der Waals surface area contributed by atoms with Gasteiger partial charge in [0.15, 0.2) is 0 Å². The van der Waals surface area contributed by atoms with Crippen molar-refractivity contribution in [3.63, 3.8) is 0 Å². The number of fused-ring (bicyclic) bond motifs is 1. The molecule has 1 heterocycles. The van der Waals surface area contributed by atoms with Gasteiger partial charge in [-0.05, 0) is 43.2 Å². The summed E-state index contributed by atoms with van der Waals surface area (Å²) in [4.78, 5) is 49.4. The van der Waals surface area contributed by atoms with E-state index in [0.717, 1.165) is 18.4 Å². The topological polar surface area (TPSA) is 94.6 Å². The smallest absolute Gasteiger partial charge is 0.242 e. The largest absolute Gasteiger partial charge is 0.493 e. The van der Waals surface area contributed by atoms with Crippen molar-refractivity contribution >= 4 is 29.4 Å². The number of aliphatic imine (C=N–C) groups is 1. The number of amides is 3. The molecule has 0 bridgehead atoms. The van der Waals surface area contributed by atoms with Gasteiger partial charge >= 0.3 is 0 Å². The zero-order valence-corrected chi connectivity index (χ0v) is 26.9. The van der Waals surface area contributed by atoms with Crippen LogP contribution in [0.25, 0.3) is 0 Å². The fourth-order valence-electron chi connectivity index (χ4n) is 5.57. The molecule has 9 nitrogen and oxygen atoms in total. The highest BCUT2D eigenvalue weighted by Crippen LogP contribution is 2.34. The first kappa shape index (κ1) is 33.4. The van der Waals surface area contributed by atoms with Crippen molar-refractivity contribution in [2.24, 2.45) is 22.7 Å². The standard InChI is InChI=1S/C33H53N5O4/c1-23(2)19-37(20-24(3)4)31(40)22-38-21-27-28(34-33(38)35-32(41)25(5)6)15-11-16-29(27)42-18-12-17-30(39)36(7)26-13-9-8-10-14-26/h11,15-16,23-26H,8-10,12-14,17-22H2,1-7H3,(H,34,35,41). The Morgan fingerprint density at radius 3 is 2.29 bits per heavy atom. The van der Waals surface area contributed by atoms with Crippen molar-refractivity contribution in [3.05, 3.63) is 23.8 Å². The van der Waals surface area contributed by atoms with E-state index >= 15 is 0 Å². The summed E-state index contributed by atoms with van der Waals surface area (Å²) in [5, 5.41) is 2.94. The zero-order valence-electron chi connectivity index (χ0n) is 26.9. The quantitative estimate of drug-likeness (QED) is 0.316. The average molecular weight is 584 g/mol. The molecule has 1 aliphatic carbocycles. The molecule has 9 heteroatoms. The van der Waals surface area contributed by atoms with Gasteiger partial charge in [-0.25, -0.2) is 4.99 Å². The lowest BCUT2D eigenvalue weighted by Gasteiger charge is -2.34. The Hall–Kier alpha value is -3.10. The van der Waals surface area contributed by atoms with Gasteiger partial charge in [-0.2, -0.15) is 0 Å². The summed E-state index contributed by atoms with van der Waals surface area (Å²) >= 11 is 0. The molecule has 1 saturated carbocycles. The molecule has 1 N–H and O–H groups in total. The molecule has 1 aromatic rings. The Labute approximate surface area is 253 Å². The monoisotopic (exact) mass is 583 g/mol. The summed E-state index contributed by atoms with van der Waals surface area (Å²) in [6.07, 6.45) is 6.94. The maximum absolute atomic E-state index is 13.5. The van der Waals surface area contributed by atoms with Crippen LogP contribution in [0.4, 0.5) is 5.69 Å². The third-order valence-electron chi connectivity index (χ3n) is 7.90. The van der Waals surface area contributed by atoms with Crippen LogP contribution in [0.15, 0.2) is 23.2 Å². The molecule has 1 aromatic carbocycles. The molecule has 3 rings (SSSR count). The maximum Gasteiger partial charge on any atom is 0.242 e.